The molecule has 2 aliphatic heterocycles. The predicted octanol–water partition coefficient (Wildman–Crippen LogP) is 1.13. The molecule has 0 spiro atoms. The van der Waals surface area contributed by atoms with E-state index in [9.17, 15) is 13.6 Å². The van der Waals surface area contributed by atoms with Crippen molar-refractivity contribution < 1.29 is 18.3 Å². The fourth-order valence-electron chi connectivity index (χ4n) is 2.53. The molecule has 0 aromatic heterocycles. The van der Waals surface area contributed by atoms with Crippen molar-refractivity contribution in [3.63, 3.8) is 0 Å². The van der Waals surface area contributed by atoms with Gasteiger partial charge in [-0.1, -0.05) is 6.07 Å². The Balaban J connectivity index is 1.71. The summed E-state index contributed by atoms with van der Waals surface area (Å²) >= 11 is 0. The number of amides is 1. The molecule has 0 radical (unpaired) electrons. The maximum atomic E-state index is 13.3. The van der Waals surface area contributed by atoms with Gasteiger partial charge in [0.25, 0.3) is 0 Å². The van der Waals surface area contributed by atoms with Gasteiger partial charge < -0.3 is 15.4 Å². The van der Waals surface area contributed by atoms with Crippen LogP contribution in [0.15, 0.2) is 18.2 Å². The number of ether oxygens (including phenoxy) is 1. The highest BCUT2D eigenvalue weighted by Gasteiger charge is 2.34. The summed E-state index contributed by atoms with van der Waals surface area (Å²) in [6, 6.07) is 3.53. The van der Waals surface area contributed by atoms with Crippen LogP contribution < -0.4 is 10.6 Å². The van der Waals surface area contributed by atoms with E-state index in [0.29, 0.717) is 31.7 Å². The summed E-state index contributed by atoms with van der Waals surface area (Å²) in [4.78, 5) is 11.9. The van der Waals surface area contributed by atoms with Gasteiger partial charge >= 0.3 is 0 Å². The lowest BCUT2D eigenvalue weighted by Gasteiger charge is -2.28. The summed E-state index contributed by atoms with van der Waals surface area (Å²) in [5.41, 5.74) is 0.554. The molecule has 108 valence electrons. The average Bonchev–Trinajstić information content (AvgIpc) is 2.78. The monoisotopic (exact) mass is 282 g/mol. The summed E-state index contributed by atoms with van der Waals surface area (Å²) in [7, 11) is 0. The first-order valence-corrected chi connectivity index (χ1v) is 6.73. The smallest absolute Gasteiger partial charge is 0.226 e. The van der Waals surface area contributed by atoms with E-state index in [1.807, 2.05) is 0 Å². The predicted molar refractivity (Wildman–Crippen MR) is 68.0 cm³/mol. The molecule has 0 aliphatic carbocycles. The summed E-state index contributed by atoms with van der Waals surface area (Å²) in [6.45, 7) is 1.88. The molecule has 2 unspecified atom stereocenters. The summed E-state index contributed by atoms with van der Waals surface area (Å²) in [6.07, 6.45) is 0.261. The zero-order valence-electron chi connectivity index (χ0n) is 10.9. The second kappa shape index (κ2) is 5.46. The number of benzene rings is 1. The molecule has 1 amide bonds. The summed E-state index contributed by atoms with van der Waals surface area (Å²) < 4.78 is 31.8. The van der Waals surface area contributed by atoms with Gasteiger partial charge in [0.05, 0.1) is 12.0 Å². The van der Waals surface area contributed by atoms with Crippen molar-refractivity contribution in [3.05, 3.63) is 35.4 Å². The Morgan fingerprint density at radius 3 is 2.75 bits per heavy atom. The molecule has 6 heteroatoms. The first-order valence-electron chi connectivity index (χ1n) is 6.73. The maximum Gasteiger partial charge on any atom is 0.226 e. The van der Waals surface area contributed by atoms with Crippen LogP contribution in [0, 0.1) is 17.6 Å². The minimum atomic E-state index is -0.897. The third-order valence-corrected chi connectivity index (χ3v) is 3.84. The van der Waals surface area contributed by atoms with Crippen LogP contribution in [0.4, 0.5) is 8.78 Å². The second-order valence-corrected chi connectivity index (χ2v) is 5.22. The topological polar surface area (TPSA) is 50.4 Å². The van der Waals surface area contributed by atoms with Crippen molar-refractivity contribution in [1.82, 2.24) is 10.6 Å². The van der Waals surface area contributed by atoms with E-state index in [1.54, 1.807) is 0 Å². The van der Waals surface area contributed by atoms with Gasteiger partial charge in [-0.05, 0) is 24.1 Å². The number of rotatable bonds is 3. The lowest BCUT2D eigenvalue weighted by molar-refractivity contribution is -0.127. The van der Waals surface area contributed by atoms with E-state index >= 15 is 0 Å². The largest absolute Gasteiger partial charge is 0.371 e. The normalized spacial score (nSPS) is 26.3. The van der Waals surface area contributed by atoms with Crippen molar-refractivity contribution in [1.29, 1.82) is 0 Å². The lowest BCUT2D eigenvalue weighted by Crippen LogP contribution is -2.53. The van der Waals surface area contributed by atoms with Gasteiger partial charge in [0.1, 0.15) is 6.10 Å². The van der Waals surface area contributed by atoms with E-state index < -0.39 is 17.7 Å². The minimum absolute atomic E-state index is 0.00111. The number of carbonyl (C=O) groups excluding carboxylic acids is 1. The molecule has 0 bridgehead atoms. The third kappa shape index (κ3) is 2.53. The summed E-state index contributed by atoms with van der Waals surface area (Å²) in [5, 5.41) is 5.98. The van der Waals surface area contributed by atoms with Gasteiger partial charge in [0.2, 0.25) is 5.91 Å². The fraction of sp³-hybridized carbons (Fsp3) is 0.500. The van der Waals surface area contributed by atoms with Gasteiger partial charge in [0.15, 0.2) is 11.6 Å². The van der Waals surface area contributed by atoms with Gasteiger partial charge in [-0.15, -0.1) is 0 Å². The Bertz CT molecular complexity index is 520. The Labute approximate surface area is 115 Å². The molecule has 0 saturated carbocycles. The van der Waals surface area contributed by atoms with Crippen LogP contribution in [-0.2, 0) is 9.53 Å². The molecule has 2 fully saturated rings. The zero-order chi connectivity index (χ0) is 14.1. The molecular weight excluding hydrogens is 266 g/mol. The molecule has 1 aromatic rings. The molecule has 2 heterocycles. The SMILES string of the molecule is O=C(NC1CCOC1c1ccc(F)c(F)c1)C1CNC1. The van der Waals surface area contributed by atoms with Crippen LogP contribution in [0.25, 0.3) is 0 Å². The quantitative estimate of drug-likeness (QED) is 0.874. The Hall–Kier alpha value is -1.53. The Morgan fingerprint density at radius 2 is 2.10 bits per heavy atom. The lowest BCUT2D eigenvalue weighted by atomic mass is 9.98. The fourth-order valence-corrected chi connectivity index (χ4v) is 2.53. The standard InChI is InChI=1S/C14H16F2N2O2/c15-10-2-1-8(5-11(10)16)13-12(3-4-20-13)18-14(19)9-6-17-7-9/h1-2,5,9,12-13,17H,3-4,6-7H2,(H,18,19). The zero-order valence-corrected chi connectivity index (χ0v) is 10.9. The number of nitrogens with one attached hydrogen (secondary N) is 2. The highest BCUT2D eigenvalue weighted by molar-refractivity contribution is 5.80. The highest BCUT2D eigenvalue weighted by Crippen LogP contribution is 2.30. The molecular formula is C14H16F2N2O2. The Kier molecular flexibility index (Phi) is 3.67. The number of hydrogen-bond acceptors (Lipinski definition) is 3. The molecule has 2 saturated heterocycles. The van der Waals surface area contributed by atoms with Crippen molar-refractivity contribution in [2.24, 2.45) is 5.92 Å². The molecule has 2 N–H and O–H groups in total. The maximum absolute atomic E-state index is 13.3. The minimum Gasteiger partial charge on any atom is -0.371 e. The third-order valence-electron chi connectivity index (χ3n) is 3.84. The average molecular weight is 282 g/mol. The Morgan fingerprint density at radius 1 is 1.30 bits per heavy atom. The van der Waals surface area contributed by atoms with Crippen molar-refractivity contribution >= 4 is 5.91 Å². The first-order chi connectivity index (χ1) is 9.65. The van der Waals surface area contributed by atoms with E-state index in [4.69, 9.17) is 4.74 Å². The number of carbonyl (C=O) groups is 1. The van der Waals surface area contributed by atoms with Gasteiger partial charge in [-0.3, -0.25) is 4.79 Å². The van der Waals surface area contributed by atoms with E-state index in [1.165, 1.54) is 6.07 Å². The van der Waals surface area contributed by atoms with Crippen LogP contribution in [0.3, 0.4) is 0 Å². The molecule has 1 aromatic carbocycles. The number of hydrogen-bond donors (Lipinski definition) is 2. The molecule has 4 nitrogen and oxygen atoms in total. The van der Waals surface area contributed by atoms with Crippen LogP contribution in [-0.4, -0.2) is 31.6 Å². The molecule has 2 aliphatic rings. The molecule has 2 atom stereocenters. The van der Waals surface area contributed by atoms with Gasteiger partial charge in [-0.25, -0.2) is 8.78 Å². The highest BCUT2D eigenvalue weighted by atomic mass is 19.2. The van der Waals surface area contributed by atoms with E-state index in [0.717, 1.165) is 12.1 Å². The van der Waals surface area contributed by atoms with E-state index in [-0.39, 0.29) is 17.9 Å². The van der Waals surface area contributed by atoms with Crippen molar-refractivity contribution in [3.8, 4) is 0 Å². The van der Waals surface area contributed by atoms with Crippen molar-refractivity contribution in [2.75, 3.05) is 19.7 Å². The molecule has 20 heavy (non-hydrogen) atoms. The van der Waals surface area contributed by atoms with E-state index in [2.05, 4.69) is 10.6 Å². The van der Waals surface area contributed by atoms with Crippen LogP contribution >= 0.6 is 0 Å². The van der Waals surface area contributed by atoms with Gasteiger partial charge in [0, 0.05) is 19.7 Å². The molecule has 3 rings (SSSR count). The van der Waals surface area contributed by atoms with Crippen LogP contribution in [0.2, 0.25) is 0 Å². The van der Waals surface area contributed by atoms with Crippen molar-refractivity contribution in [2.45, 2.75) is 18.6 Å². The summed E-state index contributed by atoms with van der Waals surface area (Å²) in [5.74, 6) is -1.79. The second-order valence-electron chi connectivity index (χ2n) is 5.22. The van der Waals surface area contributed by atoms with Gasteiger partial charge in [-0.2, -0.15) is 0 Å². The first kappa shape index (κ1) is 13.5. The van der Waals surface area contributed by atoms with Crippen LogP contribution in [0.1, 0.15) is 18.1 Å². The number of halogens is 2. The van der Waals surface area contributed by atoms with Crippen LogP contribution in [0.5, 0.6) is 0 Å².